The molecule has 8 heteroatoms. The summed E-state index contributed by atoms with van der Waals surface area (Å²) in [6.45, 7) is 1.05. The van der Waals surface area contributed by atoms with Crippen molar-refractivity contribution in [3.8, 4) is 18.0 Å². The molecule has 2 aromatic carbocycles. The number of hydrogen-bond acceptors (Lipinski definition) is 4. The van der Waals surface area contributed by atoms with E-state index < -0.39 is 0 Å². The molecule has 4 rings (SSSR count). The van der Waals surface area contributed by atoms with Crippen LogP contribution in [0.15, 0.2) is 59.9 Å². The normalized spacial score (nSPS) is 11.5. The van der Waals surface area contributed by atoms with E-state index in [1.807, 2.05) is 53.1 Å². The van der Waals surface area contributed by atoms with Gasteiger partial charge < -0.3 is 10.4 Å². The van der Waals surface area contributed by atoms with E-state index in [2.05, 4.69) is 16.2 Å². The second-order valence-electron chi connectivity index (χ2n) is 7.36. The number of fused-ring (bicyclic) bond motifs is 3. The Labute approximate surface area is 206 Å². The number of benzene rings is 2. The van der Waals surface area contributed by atoms with Gasteiger partial charge in [0.05, 0.1) is 23.6 Å². The summed E-state index contributed by atoms with van der Waals surface area (Å²) >= 11 is 0. The molecule has 3 aromatic rings. The van der Waals surface area contributed by atoms with Gasteiger partial charge in [0.25, 0.3) is 5.91 Å². The monoisotopic (exact) mass is 484 g/mol. The van der Waals surface area contributed by atoms with E-state index >= 15 is 0 Å². The lowest BCUT2D eigenvalue weighted by molar-refractivity contribution is 0.0947. The first kappa shape index (κ1) is 26.1. The van der Waals surface area contributed by atoms with Crippen LogP contribution in [0, 0.1) is 12.3 Å². The lowest BCUT2D eigenvalue weighted by atomic mass is 9.98. The average molecular weight is 485 g/mol. The minimum absolute atomic E-state index is 0. The van der Waals surface area contributed by atoms with Gasteiger partial charge in [-0.25, -0.2) is 4.98 Å². The second kappa shape index (κ2) is 12.2. The van der Waals surface area contributed by atoms with Gasteiger partial charge in [0.2, 0.25) is 0 Å². The van der Waals surface area contributed by atoms with Crippen LogP contribution in [0.5, 0.6) is 0 Å². The Hall–Kier alpha value is -3.11. The van der Waals surface area contributed by atoms with E-state index in [4.69, 9.17) is 16.5 Å². The third kappa shape index (κ3) is 5.63. The molecule has 0 saturated carbocycles. The predicted molar refractivity (Wildman–Crippen MR) is 135 cm³/mol. The molecule has 0 spiro atoms. The quantitative estimate of drug-likeness (QED) is 0.393. The van der Waals surface area contributed by atoms with Crippen LogP contribution in [0.3, 0.4) is 0 Å². The lowest BCUT2D eigenvalue weighted by Gasteiger charge is -2.12. The van der Waals surface area contributed by atoms with Crippen molar-refractivity contribution in [2.75, 3.05) is 13.2 Å². The molecule has 33 heavy (non-hydrogen) atoms. The smallest absolute Gasteiger partial charge is 0.271 e. The predicted octanol–water partition coefficient (Wildman–Crippen LogP) is 3.94. The summed E-state index contributed by atoms with van der Waals surface area (Å²) < 4.78 is 1.93. The number of carbonyl (C=O) groups is 1. The largest absolute Gasteiger partial charge is 0.396 e. The number of nitrogens with one attached hydrogen (secondary N) is 1. The molecule has 0 atom stereocenters. The highest BCUT2D eigenvalue weighted by Gasteiger charge is 2.24. The number of unbranched alkanes of at least 4 members (excludes halogenated alkanes) is 2. The third-order valence-corrected chi connectivity index (χ3v) is 5.31. The average Bonchev–Trinajstić information content (AvgIpc) is 3.16. The van der Waals surface area contributed by atoms with Gasteiger partial charge in [0.1, 0.15) is 6.33 Å². The van der Waals surface area contributed by atoms with Crippen molar-refractivity contribution in [3.05, 3.63) is 82.9 Å². The molecule has 1 aromatic heterocycles. The van der Waals surface area contributed by atoms with Crippen molar-refractivity contribution in [3.63, 3.8) is 0 Å². The zero-order chi connectivity index (χ0) is 21.6. The van der Waals surface area contributed by atoms with Gasteiger partial charge >= 0.3 is 0 Å². The highest BCUT2D eigenvalue weighted by atomic mass is 35.5. The number of rotatable bonds is 7. The molecule has 1 aliphatic heterocycles. The SMILES string of the molecule is C#Cc1ccc2c(c1)C(c1ccccc1)=NCc1c(C(=O)NCCCCCO)ncn1-2.Cl.Cl. The Balaban J connectivity index is 0.00000193. The van der Waals surface area contributed by atoms with Gasteiger partial charge in [-0.15, -0.1) is 31.2 Å². The number of hydrogen-bond donors (Lipinski definition) is 2. The summed E-state index contributed by atoms with van der Waals surface area (Å²) in [6, 6.07) is 15.8. The van der Waals surface area contributed by atoms with Crippen LogP contribution in [0.25, 0.3) is 5.69 Å². The number of aromatic nitrogens is 2. The van der Waals surface area contributed by atoms with E-state index in [0.717, 1.165) is 53.0 Å². The van der Waals surface area contributed by atoms with Gasteiger partial charge in [-0.05, 0) is 37.5 Å². The maximum atomic E-state index is 12.8. The second-order valence-corrected chi connectivity index (χ2v) is 7.36. The fourth-order valence-corrected chi connectivity index (χ4v) is 3.73. The van der Waals surface area contributed by atoms with Crippen LogP contribution in [0.1, 0.15) is 52.1 Å². The number of aliphatic imine (C=N–C) groups is 1. The minimum Gasteiger partial charge on any atom is -0.396 e. The van der Waals surface area contributed by atoms with E-state index in [0.29, 0.717) is 18.8 Å². The van der Waals surface area contributed by atoms with E-state index in [9.17, 15) is 4.79 Å². The molecular formula is C25H26Cl2N4O2. The summed E-state index contributed by atoms with van der Waals surface area (Å²) in [4.78, 5) is 22.0. The maximum absolute atomic E-state index is 12.8. The first-order chi connectivity index (χ1) is 15.2. The molecule has 0 radical (unpaired) electrons. The molecular weight excluding hydrogens is 459 g/mol. The van der Waals surface area contributed by atoms with E-state index in [1.54, 1.807) is 6.33 Å². The Bertz CT molecular complexity index is 1170. The number of aliphatic hydroxyl groups excluding tert-OH is 1. The number of carbonyl (C=O) groups excluding carboxylic acids is 1. The standard InChI is InChI=1S/C25H24N4O2.2ClH/c1-2-18-11-12-21-20(15-18)23(19-9-5-3-6-10-19)27-16-22-24(28-17-29(21)22)25(31)26-13-7-4-8-14-30;;/h1,3,5-6,9-12,15,17,30H,4,7-8,13-14,16H2,(H,26,31);2*1H. The van der Waals surface area contributed by atoms with Crippen molar-refractivity contribution in [1.82, 2.24) is 14.9 Å². The highest BCUT2D eigenvalue weighted by Crippen LogP contribution is 2.27. The molecule has 172 valence electrons. The molecule has 2 N–H and O–H groups in total. The van der Waals surface area contributed by atoms with Crippen molar-refractivity contribution in [1.29, 1.82) is 0 Å². The summed E-state index contributed by atoms with van der Waals surface area (Å²) in [6.07, 6.45) is 9.74. The van der Waals surface area contributed by atoms with Gasteiger partial charge in [-0.3, -0.25) is 14.4 Å². The summed E-state index contributed by atoms with van der Waals surface area (Å²) in [7, 11) is 0. The molecule has 0 bridgehead atoms. The molecule has 0 unspecified atom stereocenters. The lowest BCUT2D eigenvalue weighted by Crippen LogP contribution is -2.26. The minimum atomic E-state index is -0.210. The summed E-state index contributed by atoms with van der Waals surface area (Å²) in [5.41, 5.74) is 5.53. The Morgan fingerprint density at radius 2 is 1.91 bits per heavy atom. The summed E-state index contributed by atoms with van der Waals surface area (Å²) in [5, 5.41) is 11.8. The zero-order valence-corrected chi connectivity index (χ0v) is 19.7. The van der Waals surface area contributed by atoms with Crippen molar-refractivity contribution in [2.24, 2.45) is 4.99 Å². The van der Waals surface area contributed by atoms with Crippen molar-refractivity contribution >= 4 is 36.4 Å². The van der Waals surface area contributed by atoms with Crippen LogP contribution >= 0.6 is 24.8 Å². The topological polar surface area (TPSA) is 79.5 Å². The third-order valence-electron chi connectivity index (χ3n) is 5.31. The molecule has 2 heterocycles. The van der Waals surface area contributed by atoms with Crippen LogP contribution in [-0.4, -0.2) is 39.4 Å². The highest BCUT2D eigenvalue weighted by molar-refractivity contribution is 6.15. The Morgan fingerprint density at radius 1 is 1.12 bits per heavy atom. The molecule has 1 aliphatic rings. The van der Waals surface area contributed by atoms with Crippen LogP contribution < -0.4 is 5.32 Å². The Morgan fingerprint density at radius 3 is 2.64 bits per heavy atom. The molecule has 6 nitrogen and oxygen atoms in total. The van der Waals surface area contributed by atoms with Gasteiger partial charge in [0.15, 0.2) is 5.69 Å². The first-order valence-electron chi connectivity index (χ1n) is 10.4. The number of halogens is 2. The number of terminal acetylenes is 1. The van der Waals surface area contributed by atoms with Crippen LogP contribution in [-0.2, 0) is 6.54 Å². The number of amides is 1. The van der Waals surface area contributed by atoms with Gasteiger partial charge in [-0.2, -0.15) is 0 Å². The van der Waals surface area contributed by atoms with E-state index in [-0.39, 0.29) is 37.3 Å². The molecule has 0 fully saturated rings. The molecule has 1 amide bonds. The zero-order valence-electron chi connectivity index (χ0n) is 18.0. The van der Waals surface area contributed by atoms with Crippen molar-refractivity contribution < 1.29 is 9.90 Å². The van der Waals surface area contributed by atoms with Crippen molar-refractivity contribution in [2.45, 2.75) is 25.8 Å². The molecule has 0 aliphatic carbocycles. The maximum Gasteiger partial charge on any atom is 0.271 e. The molecule has 0 saturated heterocycles. The van der Waals surface area contributed by atoms with Gasteiger partial charge in [0, 0.05) is 29.8 Å². The number of aliphatic hydroxyl groups is 1. The fourth-order valence-electron chi connectivity index (χ4n) is 3.73. The van der Waals surface area contributed by atoms with Crippen LogP contribution in [0.2, 0.25) is 0 Å². The first-order valence-corrected chi connectivity index (χ1v) is 10.4. The number of imidazole rings is 1. The van der Waals surface area contributed by atoms with E-state index in [1.165, 1.54) is 0 Å². The van der Waals surface area contributed by atoms with Gasteiger partial charge in [-0.1, -0.05) is 36.3 Å². The fraction of sp³-hybridized carbons (Fsp3) is 0.240. The number of nitrogens with zero attached hydrogens (tertiary/aromatic N) is 3. The Kier molecular flexibility index (Phi) is 9.68. The summed E-state index contributed by atoms with van der Waals surface area (Å²) in [5.74, 6) is 2.48. The van der Waals surface area contributed by atoms with Crippen LogP contribution in [0.4, 0.5) is 0 Å².